The van der Waals surface area contributed by atoms with E-state index < -0.39 is 0 Å². The number of nitrogens with zero attached hydrogens (tertiary/aromatic N) is 6. The number of anilines is 1. The molecule has 0 saturated carbocycles. The molecule has 2 amide bonds. The second-order valence-electron chi connectivity index (χ2n) is 8.00. The Morgan fingerprint density at radius 3 is 2.58 bits per heavy atom. The van der Waals surface area contributed by atoms with Crippen LogP contribution in [0.1, 0.15) is 5.56 Å². The number of likely N-dealkylation sites (tertiary alicyclic amines) is 1. The number of carbonyl (C=O) groups is 1. The van der Waals surface area contributed by atoms with Gasteiger partial charge >= 0.3 is 6.03 Å². The summed E-state index contributed by atoms with van der Waals surface area (Å²) in [6.07, 6.45) is 1.61. The van der Waals surface area contributed by atoms with Gasteiger partial charge in [-0.15, -0.1) is 15.3 Å². The minimum atomic E-state index is -0.0280. The van der Waals surface area contributed by atoms with Crippen molar-refractivity contribution in [2.75, 3.05) is 45.3 Å². The molecule has 2 atom stereocenters. The van der Waals surface area contributed by atoms with Crippen LogP contribution in [0.25, 0.3) is 5.65 Å². The standard InChI is InChI=1S/C21H25N7O3/c1-30-17-4-3-14(7-18(17)31-2)8-22-21(29)27-11-15-9-26(10-16(15)12-27)20-6-5-19-24-23-13-28(19)25-20/h3-7,13,15-16H,8-12H2,1-2H3,(H,22,29). The zero-order chi connectivity index (χ0) is 21.4. The fourth-order valence-electron chi connectivity index (χ4n) is 4.51. The normalized spacial score (nSPS) is 20.2. The highest BCUT2D eigenvalue weighted by molar-refractivity contribution is 5.74. The van der Waals surface area contributed by atoms with E-state index in [-0.39, 0.29) is 6.03 Å². The first kappa shape index (κ1) is 19.4. The summed E-state index contributed by atoms with van der Waals surface area (Å²) < 4.78 is 12.3. The Morgan fingerprint density at radius 2 is 1.84 bits per heavy atom. The molecule has 4 heterocycles. The lowest BCUT2D eigenvalue weighted by Crippen LogP contribution is -2.40. The number of benzene rings is 1. The highest BCUT2D eigenvalue weighted by Crippen LogP contribution is 2.33. The predicted octanol–water partition coefficient (Wildman–Crippen LogP) is 1.42. The van der Waals surface area contributed by atoms with Gasteiger partial charge in [0.05, 0.1) is 14.2 Å². The maximum Gasteiger partial charge on any atom is 0.317 e. The topological polar surface area (TPSA) is 97.1 Å². The lowest BCUT2D eigenvalue weighted by atomic mass is 10.0. The average molecular weight is 423 g/mol. The molecule has 0 bridgehead atoms. The second kappa shape index (κ2) is 7.93. The molecule has 2 aliphatic rings. The first-order chi connectivity index (χ1) is 15.1. The minimum Gasteiger partial charge on any atom is -0.493 e. The molecule has 10 nitrogen and oxygen atoms in total. The molecule has 31 heavy (non-hydrogen) atoms. The van der Waals surface area contributed by atoms with Crippen molar-refractivity contribution in [1.82, 2.24) is 30.0 Å². The molecule has 1 N–H and O–H groups in total. The van der Waals surface area contributed by atoms with Crippen LogP contribution in [0, 0.1) is 11.8 Å². The molecule has 5 rings (SSSR count). The molecule has 2 aromatic heterocycles. The van der Waals surface area contributed by atoms with Crippen LogP contribution in [0.5, 0.6) is 11.5 Å². The molecule has 2 unspecified atom stereocenters. The van der Waals surface area contributed by atoms with Gasteiger partial charge in [0.15, 0.2) is 17.1 Å². The van der Waals surface area contributed by atoms with Gasteiger partial charge in [0.25, 0.3) is 0 Å². The van der Waals surface area contributed by atoms with Crippen LogP contribution in [-0.2, 0) is 6.54 Å². The van der Waals surface area contributed by atoms with Gasteiger partial charge in [-0.05, 0) is 29.8 Å². The Bertz CT molecular complexity index is 1090. The number of carbonyl (C=O) groups excluding carboxylic acids is 1. The predicted molar refractivity (Wildman–Crippen MR) is 113 cm³/mol. The van der Waals surface area contributed by atoms with Crippen LogP contribution in [0.2, 0.25) is 0 Å². The molecule has 162 valence electrons. The van der Waals surface area contributed by atoms with Gasteiger partial charge in [-0.1, -0.05) is 6.07 Å². The Hall–Kier alpha value is -3.56. The Morgan fingerprint density at radius 1 is 1.06 bits per heavy atom. The molecule has 1 aromatic carbocycles. The van der Waals surface area contributed by atoms with E-state index in [0.29, 0.717) is 29.9 Å². The van der Waals surface area contributed by atoms with Crippen LogP contribution < -0.4 is 19.7 Å². The Balaban J connectivity index is 1.16. The molecular weight excluding hydrogens is 398 g/mol. The Kier molecular flexibility index (Phi) is 4.97. The van der Waals surface area contributed by atoms with Gasteiger partial charge < -0.3 is 24.6 Å². The lowest BCUT2D eigenvalue weighted by molar-refractivity contribution is 0.205. The van der Waals surface area contributed by atoms with E-state index in [1.807, 2.05) is 35.2 Å². The number of urea groups is 1. The van der Waals surface area contributed by atoms with Gasteiger partial charge in [0, 0.05) is 44.6 Å². The van der Waals surface area contributed by atoms with Crippen molar-refractivity contribution in [3.8, 4) is 11.5 Å². The number of aromatic nitrogens is 4. The summed E-state index contributed by atoms with van der Waals surface area (Å²) in [5.74, 6) is 3.15. The molecule has 2 saturated heterocycles. The van der Waals surface area contributed by atoms with E-state index in [0.717, 1.165) is 43.2 Å². The summed E-state index contributed by atoms with van der Waals surface area (Å²) in [6, 6.07) is 9.54. The van der Waals surface area contributed by atoms with E-state index in [4.69, 9.17) is 9.47 Å². The number of hydrogen-bond acceptors (Lipinski definition) is 7. The van der Waals surface area contributed by atoms with Crippen LogP contribution in [0.3, 0.4) is 0 Å². The number of fused-ring (bicyclic) bond motifs is 2. The number of methoxy groups -OCH3 is 2. The number of ether oxygens (including phenoxy) is 2. The smallest absolute Gasteiger partial charge is 0.317 e. The molecule has 10 heteroatoms. The summed E-state index contributed by atoms with van der Waals surface area (Å²) in [5, 5.41) is 15.5. The third-order valence-electron chi connectivity index (χ3n) is 6.14. The van der Waals surface area contributed by atoms with Crippen molar-refractivity contribution >= 4 is 17.5 Å². The quantitative estimate of drug-likeness (QED) is 0.663. The van der Waals surface area contributed by atoms with E-state index >= 15 is 0 Å². The molecule has 3 aromatic rings. The van der Waals surface area contributed by atoms with Gasteiger partial charge in [0.2, 0.25) is 0 Å². The molecular formula is C21H25N7O3. The molecule has 2 aliphatic heterocycles. The number of rotatable bonds is 5. The van der Waals surface area contributed by atoms with E-state index in [1.165, 1.54) is 0 Å². The number of nitrogens with one attached hydrogen (secondary N) is 1. The van der Waals surface area contributed by atoms with E-state index in [2.05, 4.69) is 25.5 Å². The zero-order valence-electron chi connectivity index (χ0n) is 17.6. The van der Waals surface area contributed by atoms with Crippen LogP contribution in [-0.4, -0.2) is 71.1 Å². The average Bonchev–Trinajstić information content (AvgIpc) is 3.51. The summed E-state index contributed by atoms with van der Waals surface area (Å²) in [5.41, 5.74) is 1.70. The van der Waals surface area contributed by atoms with Crippen LogP contribution >= 0.6 is 0 Å². The first-order valence-corrected chi connectivity index (χ1v) is 10.3. The summed E-state index contributed by atoms with van der Waals surface area (Å²) in [4.78, 5) is 16.9. The van der Waals surface area contributed by atoms with Crippen molar-refractivity contribution in [2.24, 2.45) is 11.8 Å². The third-order valence-corrected chi connectivity index (χ3v) is 6.14. The van der Waals surface area contributed by atoms with Crippen molar-refractivity contribution in [3.05, 3.63) is 42.2 Å². The monoisotopic (exact) mass is 423 g/mol. The molecule has 0 spiro atoms. The fourth-order valence-corrected chi connectivity index (χ4v) is 4.51. The summed E-state index contributed by atoms with van der Waals surface area (Å²) in [7, 11) is 3.21. The Labute approximate surface area is 179 Å². The van der Waals surface area contributed by atoms with E-state index in [9.17, 15) is 4.79 Å². The maximum absolute atomic E-state index is 12.7. The highest BCUT2D eigenvalue weighted by atomic mass is 16.5. The molecule has 0 radical (unpaired) electrons. The maximum atomic E-state index is 12.7. The molecule has 0 aliphatic carbocycles. The van der Waals surface area contributed by atoms with Crippen molar-refractivity contribution in [1.29, 1.82) is 0 Å². The largest absolute Gasteiger partial charge is 0.493 e. The van der Waals surface area contributed by atoms with E-state index in [1.54, 1.807) is 25.1 Å². The van der Waals surface area contributed by atoms with Crippen LogP contribution in [0.4, 0.5) is 10.6 Å². The zero-order valence-corrected chi connectivity index (χ0v) is 17.6. The molecule has 2 fully saturated rings. The SMILES string of the molecule is COc1ccc(CNC(=O)N2CC3CN(c4ccc5nncn5n4)CC3C2)cc1OC. The van der Waals surface area contributed by atoms with Gasteiger partial charge in [-0.25, -0.2) is 4.79 Å². The van der Waals surface area contributed by atoms with Gasteiger partial charge in [-0.2, -0.15) is 4.52 Å². The van der Waals surface area contributed by atoms with Crippen LogP contribution in [0.15, 0.2) is 36.7 Å². The van der Waals surface area contributed by atoms with Crippen molar-refractivity contribution < 1.29 is 14.3 Å². The third kappa shape index (κ3) is 3.69. The second-order valence-corrected chi connectivity index (χ2v) is 8.00. The summed E-state index contributed by atoms with van der Waals surface area (Å²) in [6.45, 7) is 3.75. The van der Waals surface area contributed by atoms with Crippen molar-refractivity contribution in [3.63, 3.8) is 0 Å². The van der Waals surface area contributed by atoms with Crippen molar-refractivity contribution in [2.45, 2.75) is 6.54 Å². The van der Waals surface area contributed by atoms with Gasteiger partial charge in [0.1, 0.15) is 12.1 Å². The minimum absolute atomic E-state index is 0.0280. The fraction of sp³-hybridized carbons (Fsp3) is 0.429. The first-order valence-electron chi connectivity index (χ1n) is 10.3. The van der Waals surface area contributed by atoms with Gasteiger partial charge in [-0.3, -0.25) is 0 Å². The summed E-state index contributed by atoms with van der Waals surface area (Å²) >= 11 is 0. The number of amides is 2. The number of hydrogen-bond donors (Lipinski definition) is 1. The highest BCUT2D eigenvalue weighted by Gasteiger charge is 2.42. The lowest BCUT2D eigenvalue weighted by Gasteiger charge is -2.22.